The number of carbonyl (C=O) groups is 2. The minimum atomic E-state index is -0.280. The van der Waals surface area contributed by atoms with E-state index in [9.17, 15) is 9.59 Å². The second-order valence-electron chi connectivity index (χ2n) is 4.68. The lowest BCUT2D eigenvalue weighted by Gasteiger charge is -2.07. The van der Waals surface area contributed by atoms with Gasteiger partial charge in [0.05, 0.1) is 16.5 Å². The number of amides is 2. The summed E-state index contributed by atoms with van der Waals surface area (Å²) in [6.07, 6.45) is 0.351. The van der Waals surface area contributed by atoms with Gasteiger partial charge in [0.1, 0.15) is 0 Å². The van der Waals surface area contributed by atoms with Crippen LogP contribution in [0.2, 0.25) is 10.0 Å². The summed E-state index contributed by atoms with van der Waals surface area (Å²) in [5.41, 5.74) is 2.59. The van der Waals surface area contributed by atoms with Gasteiger partial charge in [0.25, 0.3) is 5.91 Å². The van der Waals surface area contributed by atoms with Gasteiger partial charge in [-0.05, 0) is 35.9 Å². The van der Waals surface area contributed by atoms with Crippen molar-refractivity contribution in [1.29, 1.82) is 0 Å². The minimum Gasteiger partial charge on any atom is -0.326 e. The second-order valence-corrected chi connectivity index (χ2v) is 5.49. The summed E-state index contributed by atoms with van der Waals surface area (Å²) in [4.78, 5) is 23.5. The molecule has 0 aliphatic carbocycles. The molecule has 0 unspecified atom stereocenters. The van der Waals surface area contributed by atoms with Gasteiger partial charge in [0.15, 0.2) is 0 Å². The maximum absolute atomic E-state index is 12.2. The highest BCUT2D eigenvalue weighted by molar-refractivity contribution is 6.42. The van der Waals surface area contributed by atoms with E-state index in [4.69, 9.17) is 23.2 Å². The number of hydrogen-bond acceptors (Lipinski definition) is 2. The van der Waals surface area contributed by atoms with Crippen LogP contribution >= 0.6 is 23.2 Å². The molecule has 6 heteroatoms. The van der Waals surface area contributed by atoms with E-state index in [1.165, 1.54) is 0 Å². The van der Waals surface area contributed by atoms with E-state index in [1.807, 2.05) is 0 Å². The Morgan fingerprint density at radius 1 is 1.10 bits per heavy atom. The van der Waals surface area contributed by atoms with Gasteiger partial charge < -0.3 is 10.6 Å². The number of anilines is 2. The summed E-state index contributed by atoms with van der Waals surface area (Å²) in [5, 5.41) is 6.25. The Kier molecular flexibility index (Phi) is 3.57. The summed E-state index contributed by atoms with van der Waals surface area (Å²) in [6, 6.07) is 9.98. The van der Waals surface area contributed by atoms with Crippen LogP contribution < -0.4 is 10.6 Å². The molecule has 0 fully saturated rings. The van der Waals surface area contributed by atoms with Crippen LogP contribution in [0.15, 0.2) is 36.4 Å². The van der Waals surface area contributed by atoms with Gasteiger partial charge in [-0.3, -0.25) is 9.59 Å². The summed E-state index contributed by atoms with van der Waals surface area (Å²) in [7, 11) is 0. The summed E-state index contributed by atoms with van der Waals surface area (Å²) >= 11 is 11.7. The normalized spacial score (nSPS) is 12.8. The van der Waals surface area contributed by atoms with Gasteiger partial charge >= 0.3 is 0 Å². The molecule has 0 bridgehead atoms. The number of hydrogen-bond donors (Lipinski definition) is 2. The lowest BCUT2D eigenvalue weighted by molar-refractivity contribution is -0.115. The molecule has 21 heavy (non-hydrogen) atoms. The van der Waals surface area contributed by atoms with Gasteiger partial charge in [-0.2, -0.15) is 0 Å². The fourth-order valence-electron chi connectivity index (χ4n) is 2.13. The van der Waals surface area contributed by atoms with Crippen molar-refractivity contribution in [3.63, 3.8) is 0 Å². The van der Waals surface area contributed by atoms with Crippen LogP contribution in [0.5, 0.6) is 0 Å². The van der Waals surface area contributed by atoms with E-state index in [2.05, 4.69) is 10.6 Å². The Morgan fingerprint density at radius 2 is 1.90 bits per heavy atom. The van der Waals surface area contributed by atoms with E-state index < -0.39 is 0 Å². The van der Waals surface area contributed by atoms with Crippen LogP contribution in [0.1, 0.15) is 15.9 Å². The van der Waals surface area contributed by atoms with Crippen LogP contribution in [0.25, 0.3) is 0 Å². The molecule has 2 N–H and O–H groups in total. The third-order valence-corrected chi connectivity index (χ3v) is 3.91. The standard InChI is InChI=1S/C15H10Cl2N2O2/c16-11-4-3-10(7-12(11)17)18-15(21)9-2-1-8-6-14(20)19-13(8)5-9/h1-5,7H,6H2,(H,18,21)(H,19,20). The van der Waals surface area contributed by atoms with Gasteiger partial charge in [0.2, 0.25) is 5.91 Å². The molecule has 2 aromatic carbocycles. The molecule has 1 heterocycles. The van der Waals surface area contributed by atoms with Crippen molar-refractivity contribution >= 4 is 46.4 Å². The Morgan fingerprint density at radius 3 is 2.67 bits per heavy atom. The zero-order valence-corrected chi connectivity index (χ0v) is 12.3. The molecular weight excluding hydrogens is 311 g/mol. The van der Waals surface area contributed by atoms with Crippen LogP contribution in [-0.4, -0.2) is 11.8 Å². The fourth-order valence-corrected chi connectivity index (χ4v) is 2.43. The largest absolute Gasteiger partial charge is 0.326 e. The van der Waals surface area contributed by atoms with Crippen molar-refractivity contribution in [3.8, 4) is 0 Å². The molecule has 1 aliphatic rings. The first-order valence-corrected chi connectivity index (χ1v) is 6.98. The minimum absolute atomic E-state index is 0.0629. The smallest absolute Gasteiger partial charge is 0.255 e. The van der Waals surface area contributed by atoms with Gasteiger partial charge in [-0.15, -0.1) is 0 Å². The number of carbonyl (C=O) groups excluding carboxylic acids is 2. The molecule has 2 aromatic rings. The first-order chi connectivity index (χ1) is 10.0. The molecule has 0 saturated heterocycles. The summed E-state index contributed by atoms with van der Waals surface area (Å²) in [6.45, 7) is 0. The highest BCUT2D eigenvalue weighted by atomic mass is 35.5. The van der Waals surface area contributed by atoms with E-state index in [0.29, 0.717) is 33.4 Å². The number of fused-ring (bicyclic) bond motifs is 1. The second kappa shape index (κ2) is 5.39. The third kappa shape index (κ3) is 2.86. The molecule has 0 spiro atoms. The lowest BCUT2D eigenvalue weighted by Crippen LogP contribution is -2.12. The van der Waals surface area contributed by atoms with Crippen molar-refractivity contribution in [1.82, 2.24) is 0 Å². The Hall–Kier alpha value is -2.04. The SMILES string of the molecule is O=C1Cc2ccc(C(=O)Nc3ccc(Cl)c(Cl)c3)cc2N1. The van der Waals surface area contributed by atoms with E-state index >= 15 is 0 Å². The third-order valence-electron chi connectivity index (χ3n) is 3.17. The maximum atomic E-state index is 12.2. The first kappa shape index (κ1) is 13.9. The van der Waals surface area contributed by atoms with Crippen molar-refractivity contribution in [2.24, 2.45) is 0 Å². The van der Waals surface area contributed by atoms with E-state index in [-0.39, 0.29) is 11.8 Å². The Bertz CT molecular complexity index is 759. The maximum Gasteiger partial charge on any atom is 0.255 e. The van der Waals surface area contributed by atoms with E-state index in [1.54, 1.807) is 36.4 Å². The first-order valence-electron chi connectivity index (χ1n) is 6.22. The molecule has 0 radical (unpaired) electrons. The highest BCUT2D eigenvalue weighted by Crippen LogP contribution is 2.27. The Labute approximate surface area is 131 Å². The van der Waals surface area contributed by atoms with Crippen LogP contribution in [0.3, 0.4) is 0 Å². The van der Waals surface area contributed by atoms with Gasteiger partial charge in [-0.25, -0.2) is 0 Å². The average Bonchev–Trinajstić information content (AvgIpc) is 2.82. The fraction of sp³-hybridized carbons (Fsp3) is 0.0667. The highest BCUT2D eigenvalue weighted by Gasteiger charge is 2.19. The molecule has 0 saturated carbocycles. The Balaban J connectivity index is 1.81. The predicted molar refractivity (Wildman–Crippen MR) is 83.2 cm³/mol. The summed E-state index contributed by atoms with van der Waals surface area (Å²) in [5.74, 6) is -0.343. The topological polar surface area (TPSA) is 58.2 Å². The number of rotatable bonds is 2. The van der Waals surface area contributed by atoms with Gasteiger partial charge in [-0.1, -0.05) is 29.3 Å². The molecule has 2 amide bonds. The average molecular weight is 321 g/mol. The molecule has 106 valence electrons. The van der Waals surface area contributed by atoms with E-state index in [0.717, 1.165) is 5.56 Å². The zero-order chi connectivity index (χ0) is 15.0. The quantitative estimate of drug-likeness (QED) is 0.885. The number of benzene rings is 2. The van der Waals surface area contributed by atoms with Crippen molar-refractivity contribution in [3.05, 3.63) is 57.6 Å². The molecule has 1 aliphatic heterocycles. The van der Waals surface area contributed by atoms with Crippen molar-refractivity contribution < 1.29 is 9.59 Å². The molecule has 3 rings (SSSR count). The number of nitrogens with one attached hydrogen (secondary N) is 2. The van der Waals surface area contributed by atoms with Crippen LogP contribution in [-0.2, 0) is 11.2 Å². The van der Waals surface area contributed by atoms with Crippen molar-refractivity contribution in [2.45, 2.75) is 6.42 Å². The molecule has 0 atom stereocenters. The summed E-state index contributed by atoms with van der Waals surface area (Å²) < 4.78 is 0. The molecular formula is C15H10Cl2N2O2. The predicted octanol–water partition coefficient (Wildman–Crippen LogP) is 3.74. The molecule has 0 aromatic heterocycles. The monoisotopic (exact) mass is 320 g/mol. The van der Waals surface area contributed by atoms with Crippen LogP contribution in [0, 0.1) is 0 Å². The zero-order valence-electron chi connectivity index (χ0n) is 10.7. The molecule has 4 nitrogen and oxygen atoms in total. The van der Waals surface area contributed by atoms with Gasteiger partial charge in [0, 0.05) is 16.9 Å². The van der Waals surface area contributed by atoms with Crippen LogP contribution in [0.4, 0.5) is 11.4 Å². The number of halogens is 2. The lowest BCUT2D eigenvalue weighted by atomic mass is 10.1. The van der Waals surface area contributed by atoms with Crippen molar-refractivity contribution in [2.75, 3.05) is 10.6 Å².